The van der Waals surface area contributed by atoms with E-state index in [0.717, 1.165) is 22.3 Å². The van der Waals surface area contributed by atoms with Gasteiger partial charge in [0.1, 0.15) is 17.8 Å². The van der Waals surface area contributed by atoms with E-state index < -0.39 is 23.5 Å². The number of hydrogen-bond acceptors (Lipinski definition) is 5. The molecule has 2 unspecified atom stereocenters. The fraction of sp³-hybridized carbons (Fsp3) is 0.382. The molecule has 220 valence electrons. The van der Waals surface area contributed by atoms with Gasteiger partial charge in [0, 0.05) is 6.42 Å². The molecule has 3 aromatic rings. The van der Waals surface area contributed by atoms with Crippen LogP contribution in [0.15, 0.2) is 78.9 Å². The lowest BCUT2D eigenvalue weighted by molar-refractivity contribution is -0.145. The van der Waals surface area contributed by atoms with E-state index in [0.29, 0.717) is 18.6 Å². The van der Waals surface area contributed by atoms with E-state index in [2.05, 4.69) is 16.0 Å². The molecule has 3 amide bonds. The van der Waals surface area contributed by atoms with Gasteiger partial charge in [-0.1, -0.05) is 80.6 Å². The van der Waals surface area contributed by atoms with Crippen molar-refractivity contribution in [1.82, 2.24) is 20.9 Å². The normalized spacial score (nSPS) is 21.6. The van der Waals surface area contributed by atoms with Crippen molar-refractivity contribution < 1.29 is 19.1 Å². The topological polar surface area (TPSA) is 99.8 Å². The Morgan fingerprint density at radius 3 is 2.17 bits per heavy atom. The summed E-state index contributed by atoms with van der Waals surface area (Å²) in [5, 5.41) is 9.20. The zero-order chi connectivity index (χ0) is 30.0. The van der Waals surface area contributed by atoms with Gasteiger partial charge >= 0.3 is 0 Å². The molecule has 8 heteroatoms. The molecule has 3 aromatic carbocycles. The first-order valence-electron chi connectivity index (χ1n) is 14.5. The molecule has 0 aliphatic carbocycles. The zero-order valence-electron chi connectivity index (χ0n) is 24.9. The van der Waals surface area contributed by atoms with Gasteiger partial charge in [-0.2, -0.15) is 0 Å². The number of carbonyl (C=O) groups excluding carboxylic acids is 3. The predicted molar refractivity (Wildman–Crippen MR) is 162 cm³/mol. The van der Waals surface area contributed by atoms with Crippen LogP contribution in [-0.2, 0) is 20.8 Å². The number of likely N-dealkylation sites (N-methyl/N-ethyl adjacent to an activating group) is 1. The Kier molecular flexibility index (Phi) is 8.36. The smallest absolute Gasteiger partial charge is 0.246 e. The number of rotatable bonds is 8. The molecule has 2 aliphatic rings. The number of fused-ring (bicyclic) bond motifs is 3. The minimum absolute atomic E-state index is 0.223. The van der Waals surface area contributed by atoms with Crippen LogP contribution in [0.25, 0.3) is 0 Å². The molecule has 8 nitrogen and oxygen atoms in total. The van der Waals surface area contributed by atoms with E-state index in [9.17, 15) is 14.4 Å². The first kappa shape index (κ1) is 29.3. The number of hydrogen-bond donors (Lipinski definition) is 3. The van der Waals surface area contributed by atoms with Crippen LogP contribution in [0.1, 0.15) is 61.5 Å². The molecule has 1 fully saturated rings. The van der Waals surface area contributed by atoms with Gasteiger partial charge in [0.15, 0.2) is 0 Å². The van der Waals surface area contributed by atoms with E-state index in [4.69, 9.17) is 4.74 Å². The summed E-state index contributed by atoms with van der Waals surface area (Å²) in [5.74, 6) is -0.0671. The number of nitrogens with zero attached hydrogens (tertiary/aromatic N) is 1. The van der Waals surface area contributed by atoms with Crippen molar-refractivity contribution in [3.05, 3.63) is 101 Å². The van der Waals surface area contributed by atoms with E-state index >= 15 is 0 Å². The van der Waals surface area contributed by atoms with E-state index in [1.165, 1.54) is 0 Å². The third-order valence-electron chi connectivity index (χ3n) is 8.70. The molecule has 42 heavy (non-hydrogen) atoms. The van der Waals surface area contributed by atoms with Crippen molar-refractivity contribution in [1.29, 1.82) is 0 Å². The fourth-order valence-corrected chi connectivity index (χ4v) is 6.40. The van der Waals surface area contributed by atoms with E-state index in [1.807, 2.05) is 92.7 Å². The Bertz CT molecular complexity index is 1400. The highest BCUT2D eigenvalue weighted by molar-refractivity contribution is 5.95. The summed E-state index contributed by atoms with van der Waals surface area (Å²) in [6, 6.07) is 22.8. The molecule has 0 bridgehead atoms. The molecule has 0 spiro atoms. The number of amides is 3. The Balaban J connectivity index is 1.55. The second-order valence-corrected chi connectivity index (χ2v) is 12.0. The maximum atomic E-state index is 14.4. The van der Waals surface area contributed by atoms with Crippen LogP contribution in [-0.4, -0.2) is 54.9 Å². The van der Waals surface area contributed by atoms with Gasteiger partial charge in [-0.05, 0) is 60.2 Å². The largest absolute Gasteiger partial charge is 0.497 e. The third kappa shape index (κ3) is 5.63. The average molecular weight is 569 g/mol. The van der Waals surface area contributed by atoms with Gasteiger partial charge in [-0.25, -0.2) is 0 Å². The number of benzene rings is 3. The van der Waals surface area contributed by atoms with Crippen molar-refractivity contribution in [3.63, 3.8) is 0 Å². The molecule has 4 atom stereocenters. The standard InChI is InChI=1S/C34H40N4O4/c1-21(35-4)31(39)36-27-19-24-18-25(42-5)16-17-26(24)28-20-34(2,3)30(38(28)33(27)41)32(40)37-29(22-12-8-6-9-13-22)23-14-10-7-11-15-23/h6-18,21,27-30,35H,19-20H2,1-5H3,(H,36,39)(H,37,40)/t21-,27-,28?,30?/m0/s1. The second kappa shape index (κ2) is 12.0. The number of ether oxygens (including phenoxy) is 1. The third-order valence-corrected chi connectivity index (χ3v) is 8.70. The summed E-state index contributed by atoms with van der Waals surface area (Å²) in [4.78, 5) is 43.5. The van der Waals surface area contributed by atoms with Crippen LogP contribution >= 0.6 is 0 Å². The van der Waals surface area contributed by atoms with Crippen LogP contribution < -0.4 is 20.7 Å². The summed E-state index contributed by atoms with van der Waals surface area (Å²) in [7, 11) is 3.31. The number of methoxy groups -OCH3 is 1. The van der Waals surface area contributed by atoms with Crippen molar-refractivity contribution in [2.45, 2.75) is 63.8 Å². The molecular formula is C34H40N4O4. The van der Waals surface area contributed by atoms with Crippen molar-refractivity contribution in [2.75, 3.05) is 14.2 Å². The second-order valence-electron chi connectivity index (χ2n) is 12.0. The maximum absolute atomic E-state index is 14.4. The Labute approximate surface area is 247 Å². The summed E-state index contributed by atoms with van der Waals surface area (Å²) < 4.78 is 5.50. The molecule has 0 saturated carbocycles. The molecular weight excluding hydrogens is 528 g/mol. The Morgan fingerprint density at radius 1 is 0.976 bits per heavy atom. The summed E-state index contributed by atoms with van der Waals surface area (Å²) >= 11 is 0. The lowest BCUT2D eigenvalue weighted by Crippen LogP contribution is -2.57. The minimum Gasteiger partial charge on any atom is -0.497 e. The molecule has 0 radical (unpaired) electrons. The van der Waals surface area contributed by atoms with Crippen LogP contribution in [0.5, 0.6) is 5.75 Å². The van der Waals surface area contributed by atoms with Gasteiger partial charge in [0.2, 0.25) is 17.7 Å². The molecule has 1 saturated heterocycles. The first-order chi connectivity index (χ1) is 20.1. The van der Waals surface area contributed by atoms with Crippen LogP contribution in [0, 0.1) is 5.41 Å². The first-order valence-corrected chi connectivity index (χ1v) is 14.5. The average Bonchev–Trinajstić information content (AvgIpc) is 3.24. The monoisotopic (exact) mass is 568 g/mol. The highest BCUT2D eigenvalue weighted by Gasteiger charge is 2.55. The van der Waals surface area contributed by atoms with Crippen LogP contribution in [0.4, 0.5) is 0 Å². The van der Waals surface area contributed by atoms with Gasteiger partial charge in [0.25, 0.3) is 0 Å². The van der Waals surface area contributed by atoms with Crippen LogP contribution in [0.2, 0.25) is 0 Å². The zero-order valence-corrected chi connectivity index (χ0v) is 24.9. The van der Waals surface area contributed by atoms with Gasteiger partial charge in [-0.15, -0.1) is 0 Å². The summed E-state index contributed by atoms with van der Waals surface area (Å²) in [5.41, 5.74) is 3.28. The molecule has 2 aliphatic heterocycles. The van der Waals surface area contributed by atoms with Crippen molar-refractivity contribution in [2.24, 2.45) is 5.41 Å². The quantitative estimate of drug-likeness (QED) is 0.383. The Hall–Kier alpha value is -4.17. The maximum Gasteiger partial charge on any atom is 0.246 e. The Morgan fingerprint density at radius 2 is 1.60 bits per heavy atom. The van der Waals surface area contributed by atoms with Crippen molar-refractivity contribution >= 4 is 17.7 Å². The van der Waals surface area contributed by atoms with Gasteiger partial charge < -0.3 is 25.6 Å². The predicted octanol–water partition coefficient (Wildman–Crippen LogP) is 3.92. The molecule has 0 aromatic heterocycles. The lowest BCUT2D eigenvalue weighted by Gasteiger charge is -2.35. The SMILES string of the molecule is CN[C@@H](C)C(=O)N[C@H]1Cc2cc(OC)ccc2C2CC(C)(C)C(C(=O)NC(c3ccccc3)c3ccccc3)N2C1=O. The molecule has 3 N–H and O–H groups in total. The van der Waals surface area contributed by atoms with Crippen LogP contribution in [0.3, 0.4) is 0 Å². The van der Waals surface area contributed by atoms with Gasteiger partial charge in [0.05, 0.1) is 25.2 Å². The number of carbonyl (C=O) groups is 3. The van der Waals surface area contributed by atoms with E-state index in [-0.39, 0.29) is 29.8 Å². The molecule has 2 heterocycles. The fourth-order valence-electron chi connectivity index (χ4n) is 6.40. The highest BCUT2D eigenvalue weighted by atomic mass is 16.5. The number of nitrogens with one attached hydrogen (secondary N) is 3. The highest BCUT2D eigenvalue weighted by Crippen LogP contribution is 2.50. The minimum atomic E-state index is -0.826. The molecule has 5 rings (SSSR count). The van der Waals surface area contributed by atoms with Crippen molar-refractivity contribution in [3.8, 4) is 5.75 Å². The van der Waals surface area contributed by atoms with E-state index in [1.54, 1.807) is 26.0 Å². The van der Waals surface area contributed by atoms with Gasteiger partial charge in [-0.3, -0.25) is 14.4 Å². The summed E-state index contributed by atoms with van der Waals surface area (Å²) in [6.07, 6.45) is 0.914. The lowest BCUT2D eigenvalue weighted by atomic mass is 9.81. The summed E-state index contributed by atoms with van der Waals surface area (Å²) in [6.45, 7) is 5.83.